The molecule has 1 aromatic rings. The van der Waals surface area contributed by atoms with Gasteiger partial charge < -0.3 is 20.4 Å². The number of thiazole rings is 1. The van der Waals surface area contributed by atoms with Gasteiger partial charge >= 0.3 is 0 Å². The van der Waals surface area contributed by atoms with Crippen LogP contribution in [0.1, 0.15) is 29.7 Å². The largest absolute Gasteiger partial charge is 0.357 e. The topological polar surface area (TPSA) is 55.8 Å². The summed E-state index contributed by atoms with van der Waals surface area (Å²) in [6.07, 6.45) is 5.27. The first-order valence-electron chi connectivity index (χ1n) is 9.51. The first-order chi connectivity index (χ1) is 12.2. The Bertz CT molecular complexity index is 514. The lowest BCUT2D eigenvalue weighted by Gasteiger charge is -2.32. The molecule has 6 nitrogen and oxygen atoms in total. The first-order valence-corrected chi connectivity index (χ1v) is 10.3. The highest BCUT2D eigenvalue weighted by molar-refractivity contribution is 14.0. The average Bonchev–Trinajstić information content (AvgIpc) is 3.01. The van der Waals surface area contributed by atoms with Gasteiger partial charge in [0, 0.05) is 63.3 Å². The van der Waals surface area contributed by atoms with Crippen molar-refractivity contribution in [3.05, 3.63) is 16.1 Å². The number of rotatable bonds is 9. The van der Waals surface area contributed by atoms with E-state index in [1.54, 1.807) is 11.3 Å². The number of aryl methyl sites for hydroxylation is 1. The fraction of sp³-hybridized carbons (Fsp3) is 0.778. The highest BCUT2D eigenvalue weighted by Crippen LogP contribution is 2.10. The summed E-state index contributed by atoms with van der Waals surface area (Å²) < 4.78 is 0. The quantitative estimate of drug-likeness (QED) is 0.239. The van der Waals surface area contributed by atoms with E-state index in [4.69, 9.17) is 4.99 Å². The molecule has 0 radical (unpaired) electrons. The molecular formula is C18H35IN6S. The molecule has 1 fully saturated rings. The highest BCUT2D eigenvalue weighted by Gasteiger charge is 2.12. The zero-order valence-corrected chi connectivity index (χ0v) is 19.6. The third kappa shape index (κ3) is 9.48. The minimum atomic E-state index is 0. The normalized spacial score (nSPS) is 16.3. The Labute approximate surface area is 179 Å². The summed E-state index contributed by atoms with van der Waals surface area (Å²) in [5.74, 6) is 0.926. The number of hydrogen-bond donors (Lipinski definition) is 2. The molecule has 26 heavy (non-hydrogen) atoms. The van der Waals surface area contributed by atoms with Crippen LogP contribution in [0.4, 0.5) is 0 Å². The average molecular weight is 494 g/mol. The van der Waals surface area contributed by atoms with E-state index >= 15 is 0 Å². The number of piperazine rings is 1. The van der Waals surface area contributed by atoms with E-state index in [1.807, 2.05) is 6.20 Å². The van der Waals surface area contributed by atoms with Crippen LogP contribution in [0.15, 0.2) is 11.2 Å². The smallest absolute Gasteiger partial charge is 0.191 e. The van der Waals surface area contributed by atoms with Crippen LogP contribution in [-0.2, 0) is 6.42 Å². The van der Waals surface area contributed by atoms with E-state index in [2.05, 4.69) is 46.3 Å². The van der Waals surface area contributed by atoms with Crippen LogP contribution in [0.3, 0.4) is 0 Å². The van der Waals surface area contributed by atoms with Crippen molar-refractivity contribution in [3.63, 3.8) is 0 Å². The molecule has 150 valence electrons. The molecule has 0 spiro atoms. The van der Waals surface area contributed by atoms with Crippen LogP contribution in [-0.4, -0.2) is 80.1 Å². The molecule has 1 saturated heterocycles. The maximum atomic E-state index is 4.70. The van der Waals surface area contributed by atoms with E-state index in [0.29, 0.717) is 0 Å². The Hall–Kier alpha value is -0.450. The summed E-state index contributed by atoms with van der Waals surface area (Å²) >= 11 is 1.77. The zero-order chi connectivity index (χ0) is 17.9. The van der Waals surface area contributed by atoms with Crippen molar-refractivity contribution in [2.24, 2.45) is 4.99 Å². The molecule has 0 amide bonds. The van der Waals surface area contributed by atoms with Gasteiger partial charge in [-0.2, -0.15) is 0 Å². The van der Waals surface area contributed by atoms with Crippen LogP contribution >= 0.6 is 35.3 Å². The van der Waals surface area contributed by atoms with Gasteiger partial charge in [-0.25, -0.2) is 4.98 Å². The van der Waals surface area contributed by atoms with Crippen molar-refractivity contribution in [3.8, 4) is 0 Å². The van der Waals surface area contributed by atoms with Crippen molar-refractivity contribution in [2.45, 2.75) is 33.1 Å². The molecule has 2 heterocycles. The van der Waals surface area contributed by atoms with E-state index < -0.39 is 0 Å². The summed E-state index contributed by atoms with van der Waals surface area (Å²) in [4.78, 5) is 15.4. The van der Waals surface area contributed by atoms with E-state index in [1.165, 1.54) is 49.0 Å². The Morgan fingerprint density at radius 1 is 1.23 bits per heavy atom. The first kappa shape index (κ1) is 23.6. The number of hydrogen-bond acceptors (Lipinski definition) is 5. The van der Waals surface area contributed by atoms with Gasteiger partial charge in [-0.15, -0.1) is 35.3 Å². The predicted molar refractivity (Wildman–Crippen MR) is 123 cm³/mol. The van der Waals surface area contributed by atoms with E-state index in [0.717, 1.165) is 38.4 Å². The van der Waals surface area contributed by atoms with E-state index in [-0.39, 0.29) is 24.0 Å². The van der Waals surface area contributed by atoms with Crippen molar-refractivity contribution in [1.82, 2.24) is 25.4 Å². The van der Waals surface area contributed by atoms with Gasteiger partial charge in [-0.05, 0) is 40.3 Å². The molecule has 1 aliphatic rings. The maximum Gasteiger partial charge on any atom is 0.191 e. The Morgan fingerprint density at radius 2 is 2.00 bits per heavy atom. The molecule has 0 saturated carbocycles. The number of aromatic nitrogens is 1. The molecule has 0 unspecified atom stereocenters. The Morgan fingerprint density at radius 3 is 2.65 bits per heavy atom. The molecule has 0 bridgehead atoms. The molecule has 1 aliphatic heterocycles. The Kier molecular flexibility index (Phi) is 12.4. The number of unbranched alkanes of at least 4 members (excludes halogenated alkanes) is 1. The molecular weight excluding hydrogens is 459 g/mol. The maximum absolute atomic E-state index is 4.70. The van der Waals surface area contributed by atoms with Gasteiger partial charge in [0.1, 0.15) is 0 Å². The highest BCUT2D eigenvalue weighted by atomic mass is 127. The van der Waals surface area contributed by atoms with Gasteiger partial charge in [-0.3, -0.25) is 4.99 Å². The van der Waals surface area contributed by atoms with Crippen LogP contribution in [0.5, 0.6) is 0 Å². The fourth-order valence-electron chi connectivity index (χ4n) is 2.86. The second-order valence-electron chi connectivity index (χ2n) is 6.65. The van der Waals surface area contributed by atoms with Crippen LogP contribution in [0.25, 0.3) is 0 Å². The number of likely N-dealkylation sites (N-methyl/N-ethyl adjacent to an activating group) is 1. The van der Waals surface area contributed by atoms with E-state index in [9.17, 15) is 0 Å². The number of nitrogens with one attached hydrogen (secondary N) is 2. The number of aliphatic imine (C=N–C) groups is 1. The predicted octanol–water partition coefficient (Wildman–Crippen LogP) is 2.19. The van der Waals surface area contributed by atoms with Gasteiger partial charge in [-0.1, -0.05) is 0 Å². The Balaban J connectivity index is 0.00000338. The lowest BCUT2D eigenvalue weighted by atomic mass is 10.2. The molecule has 2 rings (SSSR count). The summed E-state index contributed by atoms with van der Waals surface area (Å²) in [7, 11) is 2.21. The molecule has 8 heteroatoms. The van der Waals surface area contributed by atoms with Crippen molar-refractivity contribution in [1.29, 1.82) is 0 Å². The van der Waals surface area contributed by atoms with Crippen molar-refractivity contribution >= 4 is 41.3 Å². The number of guanidine groups is 1. The second kappa shape index (κ2) is 13.7. The standard InChI is InChI=1S/C18H34N6S.HI/c1-4-19-18(21-9-7-17-22-15-16(2)25-17)20-8-5-6-10-24-13-11-23(3)12-14-24;/h15H,4-14H2,1-3H3,(H2,19,20,21);1H. The molecule has 0 aliphatic carbocycles. The molecule has 2 N–H and O–H groups in total. The van der Waals surface area contributed by atoms with Gasteiger partial charge in [0.25, 0.3) is 0 Å². The number of nitrogens with zero attached hydrogens (tertiary/aromatic N) is 4. The zero-order valence-electron chi connectivity index (χ0n) is 16.5. The minimum absolute atomic E-state index is 0. The van der Waals surface area contributed by atoms with Crippen LogP contribution < -0.4 is 10.6 Å². The summed E-state index contributed by atoms with van der Waals surface area (Å²) in [5.41, 5.74) is 0. The van der Waals surface area contributed by atoms with Gasteiger partial charge in [0.15, 0.2) is 5.96 Å². The summed E-state index contributed by atoms with van der Waals surface area (Å²) in [5, 5.41) is 7.93. The van der Waals surface area contributed by atoms with Crippen molar-refractivity contribution in [2.75, 3.05) is 59.4 Å². The number of halogens is 1. The summed E-state index contributed by atoms with van der Waals surface area (Å²) in [6.45, 7) is 12.9. The SMILES string of the molecule is CCNC(=NCCCCN1CCN(C)CC1)NCCc1ncc(C)s1.I. The van der Waals surface area contributed by atoms with Crippen molar-refractivity contribution < 1.29 is 0 Å². The third-order valence-corrected chi connectivity index (χ3v) is 5.37. The van der Waals surface area contributed by atoms with Gasteiger partial charge in [0.05, 0.1) is 5.01 Å². The monoisotopic (exact) mass is 494 g/mol. The third-order valence-electron chi connectivity index (χ3n) is 4.39. The lowest BCUT2D eigenvalue weighted by molar-refractivity contribution is 0.152. The summed E-state index contributed by atoms with van der Waals surface area (Å²) in [6, 6.07) is 0. The molecule has 0 atom stereocenters. The molecule has 0 aromatic carbocycles. The minimum Gasteiger partial charge on any atom is -0.357 e. The van der Waals surface area contributed by atoms with Crippen LogP contribution in [0.2, 0.25) is 0 Å². The van der Waals surface area contributed by atoms with Gasteiger partial charge in [0.2, 0.25) is 0 Å². The van der Waals surface area contributed by atoms with Crippen LogP contribution in [0, 0.1) is 6.92 Å². The molecule has 1 aromatic heterocycles. The second-order valence-corrected chi connectivity index (χ2v) is 7.97. The fourth-order valence-corrected chi connectivity index (χ4v) is 3.64. The lowest BCUT2D eigenvalue weighted by Crippen LogP contribution is -2.44.